The van der Waals surface area contributed by atoms with Gasteiger partial charge in [0.1, 0.15) is 5.75 Å². The average molecular weight is 302 g/mol. The van der Waals surface area contributed by atoms with Crippen molar-refractivity contribution in [2.45, 2.75) is 6.23 Å². The third-order valence-electron chi connectivity index (χ3n) is 2.76. The first-order valence-corrected chi connectivity index (χ1v) is 6.56. The topological polar surface area (TPSA) is 21.3 Å². The average Bonchev–Trinajstić information content (AvgIpc) is 2.79. The molecular formula is C15H12BrNO. The molecule has 2 nitrogen and oxygen atoms in total. The summed E-state index contributed by atoms with van der Waals surface area (Å²) in [4.78, 5) is 0. The summed E-state index contributed by atoms with van der Waals surface area (Å²) >= 11 is 3.43. The Morgan fingerprint density at radius 1 is 1.11 bits per heavy atom. The molecule has 2 aromatic rings. The van der Waals surface area contributed by atoms with Crippen LogP contribution in [0.5, 0.6) is 5.75 Å². The van der Waals surface area contributed by atoms with Crippen molar-refractivity contribution >= 4 is 27.7 Å². The van der Waals surface area contributed by atoms with E-state index in [9.17, 15) is 0 Å². The number of anilines is 1. The number of hydrogen-bond acceptors (Lipinski definition) is 2. The van der Waals surface area contributed by atoms with Gasteiger partial charge in [-0.25, -0.2) is 0 Å². The lowest BCUT2D eigenvalue weighted by atomic mass is 10.2. The lowest BCUT2D eigenvalue weighted by Gasteiger charge is -2.05. The smallest absolute Gasteiger partial charge is 0.189 e. The fourth-order valence-corrected chi connectivity index (χ4v) is 2.22. The normalized spacial score (nSPS) is 17.3. The molecule has 18 heavy (non-hydrogen) atoms. The Morgan fingerprint density at radius 3 is 2.78 bits per heavy atom. The molecule has 1 heterocycles. The van der Waals surface area contributed by atoms with Crippen molar-refractivity contribution < 1.29 is 4.74 Å². The molecule has 1 unspecified atom stereocenters. The van der Waals surface area contributed by atoms with E-state index in [1.54, 1.807) is 0 Å². The summed E-state index contributed by atoms with van der Waals surface area (Å²) < 4.78 is 6.81. The van der Waals surface area contributed by atoms with Gasteiger partial charge in [-0.3, -0.25) is 0 Å². The minimum absolute atomic E-state index is 0.102. The van der Waals surface area contributed by atoms with Crippen molar-refractivity contribution in [3.8, 4) is 5.75 Å². The molecule has 1 atom stereocenters. The molecule has 0 saturated carbocycles. The Kier molecular flexibility index (Phi) is 3.07. The van der Waals surface area contributed by atoms with Crippen LogP contribution in [-0.2, 0) is 0 Å². The summed E-state index contributed by atoms with van der Waals surface area (Å²) in [5.41, 5.74) is 2.20. The van der Waals surface area contributed by atoms with Crippen LogP contribution in [0.3, 0.4) is 0 Å². The number of nitrogens with one attached hydrogen (secondary N) is 1. The molecule has 0 amide bonds. The van der Waals surface area contributed by atoms with Crippen LogP contribution in [0.15, 0.2) is 59.1 Å². The Balaban J connectivity index is 1.73. The summed E-state index contributed by atoms with van der Waals surface area (Å²) in [5, 5.41) is 3.30. The summed E-state index contributed by atoms with van der Waals surface area (Å²) in [6.45, 7) is 0. The number of hydrogen-bond donors (Lipinski definition) is 1. The molecule has 3 rings (SSSR count). The van der Waals surface area contributed by atoms with Gasteiger partial charge in [-0.2, -0.15) is 0 Å². The first kappa shape index (κ1) is 11.4. The molecule has 0 fully saturated rings. The highest BCUT2D eigenvalue weighted by molar-refractivity contribution is 9.10. The van der Waals surface area contributed by atoms with E-state index < -0.39 is 0 Å². The van der Waals surface area contributed by atoms with Crippen LogP contribution in [0, 0.1) is 0 Å². The van der Waals surface area contributed by atoms with E-state index in [-0.39, 0.29) is 6.23 Å². The Morgan fingerprint density at radius 2 is 1.94 bits per heavy atom. The molecule has 0 aromatic heterocycles. The third kappa shape index (κ3) is 2.41. The lowest BCUT2D eigenvalue weighted by molar-refractivity contribution is 0.303. The predicted molar refractivity (Wildman–Crippen MR) is 77.7 cm³/mol. The van der Waals surface area contributed by atoms with E-state index in [1.807, 2.05) is 42.5 Å². The first-order chi connectivity index (χ1) is 8.81. The number of rotatable bonds is 2. The van der Waals surface area contributed by atoms with Crippen molar-refractivity contribution in [3.05, 3.63) is 64.6 Å². The third-order valence-corrected chi connectivity index (χ3v) is 3.25. The largest absolute Gasteiger partial charge is 0.465 e. The molecule has 0 bridgehead atoms. The molecule has 0 saturated heterocycles. The summed E-state index contributed by atoms with van der Waals surface area (Å²) in [6.07, 6.45) is 3.97. The van der Waals surface area contributed by atoms with Crippen LogP contribution < -0.4 is 10.1 Å². The highest BCUT2D eigenvalue weighted by Gasteiger charge is 2.18. The van der Waals surface area contributed by atoms with Gasteiger partial charge in [0.2, 0.25) is 0 Å². The summed E-state index contributed by atoms with van der Waals surface area (Å²) in [6, 6.07) is 16.2. The van der Waals surface area contributed by atoms with E-state index in [4.69, 9.17) is 4.74 Å². The fourth-order valence-electron chi connectivity index (χ4n) is 1.88. The van der Waals surface area contributed by atoms with Crippen LogP contribution in [-0.4, -0.2) is 6.23 Å². The van der Waals surface area contributed by atoms with Crippen molar-refractivity contribution in [1.29, 1.82) is 0 Å². The van der Waals surface area contributed by atoms with Crippen molar-refractivity contribution in [1.82, 2.24) is 0 Å². The molecule has 1 aliphatic heterocycles. The van der Waals surface area contributed by atoms with Gasteiger partial charge in [-0.1, -0.05) is 52.3 Å². The van der Waals surface area contributed by atoms with Gasteiger partial charge >= 0.3 is 0 Å². The summed E-state index contributed by atoms with van der Waals surface area (Å²) in [7, 11) is 0. The minimum Gasteiger partial charge on any atom is -0.465 e. The second-order valence-electron chi connectivity index (χ2n) is 4.09. The summed E-state index contributed by atoms with van der Waals surface area (Å²) in [5.74, 6) is 0.882. The van der Waals surface area contributed by atoms with Gasteiger partial charge in [-0.15, -0.1) is 0 Å². The first-order valence-electron chi connectivity index (χ1n) is 5.77. The van der Waals surface area contributed by atoms with E-state index >= 15 is 0 Å². The molecule has 1 aliphatic rings. The Bertz CT molecular complexity index is 580. The zero-order valence-electron chi connectivity index (χ0n) is 9.64. The second kappa shape index (κ2) is 4.86. The van der Waals surface area contributed by atoms with Gasteiger partial charge in [0.15, 0.2) is 6.23 Å². The molecule has 0 radical (unpaired) electrons. The quantitative estimate of drug-likeness (QED) is 0.893. The van der Waals surface area contributed by atoms with E-state index in [1.165, 1.54) is 5.56 Å². The van der Waals surface area contributed by atoms with Crippen LogP contribution >= 0.6 is 15.9 Å². The van der Waals surface area contributed by atoms with E-state index in [0.717, 1.165) is 15.9 Å². The second-order valence-corrected chi connectivity index (χ2v) is 5.01. The molecule has 2 aromatic carbocycles. The maximum atomic E-state index is 5.78. The van der Waals surface area contributed by atoms with Gasteiger partial charge in [-0.05, 0) is 29.8 Å². The molecule has 1 N–H and O–H groups in total. The van der Waals surface area contributed by atoms with Gasteiger partial charge in [0, 0.05) is 4.47 Å². The lowest BCUT2D eigenvalue weighted by Crippen LogP contribution is -2.16. The number of benzene rings is 2. The van der Waals surface area contributed by atoms with Crippen molar-refractivity contribution in [3.63, 3.8) is 0 Å². The standard InChI is InChI=1S/C15H12BrNO/c16-12-7-8-13-14(10-12)18-15(17-13)9-6-11-4-2-1-3-5-11/h1-10,15,17H. The van der Waals surface area contributed by atoms with Crippen LogP contribution in [0.2, 0.25) is 0 Å². The van der Waals surface area contributed by atoms with Crippen LogP contribution in [0.25, 0.3) is 6.08 Å². The minimum atomic E-state index is -0.102. The fraction of sp³-hybridized carbons (Fsp3) is 0.0667. The number of halogens is 1. The van der Waals surface area contributed by atoms with E-state index in [0.29, 0.717) is 0 Å². The zero-order chi connectivity index (χ0) is 12.4. The molecule has 3 heteroatoms. The zero-order valence-corrected chi connectivity index (χ0v) is 11.2. The van der Waals surface area contributed by atoms with Gasteiger partial charge in [0.25, 0.3) is 0 Å². The Labute approximate surface area is 114 Å². The molecule has 90 valence electrons. The Hall–Kier alpha value is -1.74. The maximum absolute atomic E-state index is 5.78. The number of ether oxygens (including phenoxy) is 1. The van der Waals surface area contributed by atoms with Gasteiger partial charge < -0.3 is 10.1 Å². The molecule has 0 spiro atoms. The highest BCUT2D eigenvalue weighted by Crippen LogP contribution is 2.34. The molecule has 0 aliphatic carbocycles. The SMILES string of the molecule is Brc1ccc2c(c1)OC(C=Cc1ccccc1)N2. The van der Waals surface area contributed by atoms with Crippen molar-refractivity contribution in [2.75, 3.05) is 5.32 Å². The van der Waals surface area contributed by atoms with Gasteiger partial charge in [0.05, 0.1) is 5.69 Å². The van der Waals surface area contributed by atoms with Crippen LogP contribution in [0.1, 0.15) is 5.56 Å². The number of fused-ring (bicyclic) bond motifs is 1. The highest BCUT2D eigenvalue weighted by atomic mass is 79.9. The van der Waals surface area contributed by atoms with Crippen molar-refractivity contribution in [2.24, 2.45) is 0 Å². The monoisotopic (exact) mass is 301 g/mol. The van der Waals surface area contributed by atoms with Crippen LogP contribution in [0.4, 0.5) is 5.69 Å². The maximum Gasteiger partial charge on any atom is 0.189 e. The van der Waals surface area contributed by atoms with E-state index in [2.05, 4.69) is 39.5 Å². The molecular weight excluding hydrogens is 290 g/mol. The predicted octanol–water partition coefficient (Wildman–Crippen LogP) is 4.29.